The monoisotopic (exact) mass is 226 g/mol. The average Bonchev–Trinajstić information content (AvgIpc) is 2.74. The molecule has 0 saturated carbocycles. The van der Waals surface area contributed by atoms with E-state index in [1.807, 2.05) is 42.3 Å². The molecule has 1 aromatic rings. The molecule has 1 atom stereocenters. The van der Waals surface area contributed by atoms with Gasteiger partial charge in [0.1, 0.15) is 0 Å². The fourth-order valence-electron chi connectivity index (χ4n) is 2.43. The van der Waals surface area contributed by atoms with E-state index in [4.69, 9.17) is 0 Å². The number of nitrogens with zero attached hydrogens (tertiary/aromatic N) is 2. The van der Waals surface area contributed by atoms with Gasteiger partial charge < -0.3 is 4.90 Å². The highest BCUT2D eigenvalue weighted by Crippen LogP contribution is 2.30. The van der Waals surface area contributed by atoms with Crippen molar-refractivity contribution in [1.82, 2.24) is 4.90 Å². The first-order valence-corrected chi connectivity index (χ1v) is 5.88. The summed E-state index contributed by atoms with van der Waals surface area (Å²) < 4.78 is 0. The Balaban J connectivity index is 2.05. The molecule has 2 heterocycles. The van der Waals surface area contributed by atoms with Crippen LogP contribution >= 0.6 is 0 Å². The number of rotatable bonds is 0. The Morgan fingerprint density at radius 2 is 2.24 bits per heavy atom. The Kier molecular flexibility index (Phi) is 2.32. The van der Waals surface area contributed by atoms with Gasteiger partial charge in [0.05, 0.1) is 17.3 Å². The fraction of sp³-hybridized carbons (Fsp3) is 0.286. The molecular weight excluding hydrogens is 212 g/mol. The Bertz CT molecular complexity index is 531. The van der Waals surface area contributed by atoms with E-state index in [1.165, 1.54) is 5.57 Å². The molecule has 0 aromatic heterocycles. The zero-order chi connectivity index (χ0) is 11.8. The highest BCUT2D eigenvalue weighted by molar-refractivity contribution is 6.03. The maximum absolute atomic E-state index is 12.4. The minimum atomic E-state index is 0.0972. The van der Waals surface area contributed by atoms with Gasteiger partial charge in [-0.25, -0.2) is 0 Å². The number of benzene rings is 1. The Labute approximate surface area is 100 Å². The summed E-state index contributed by atoms with van der Waals surface area (Å²) in [5.74, 6) is 0.0972. The number of para-hydroxylation sites is 1. The number of hydrogen-bond donors (Lipinski definition) is 0. The zero-order valence-electron chi connectivity index (χ0n) is 9.76. The number of allylic oxidation sites excluding steroid dienone is 1. The number of aliphatic imine (C=N–C) groups is 1. The van der Waals surface area contributed by atoms with Gasteiger partial charge in [-0.2, -0.15) is 0 Å². The molecule has 86 valence electrons. The first-order valence-electron chi connectivity index (χ1n) is 5.88. The third kappa shape index (κ3) is 1.58. The molecule has 1 amide bonds. The molecule has 3 heteroatoms. The van der Waals surface area contributed by atoms with Crippen LogP contribution in [0.3, 0.4) is 0 Å². The molecule has 3 nitrogen and oxygen atoms in total. The molecule has 0 aliphatic carbocycles. The van der Waals surface area contributed by atoms with Crippen LogP contribution in [0.2, 0.25) is 0 Å². The molecule has 0 spiro atoms. The van der Waals surface area contributed by atoms with Crippen LogP contribution in [0.5, 0.6) is 0 Å². The molecular formula is C14H14N2O. The summed E-state index contributed by atoms with van der Waals surface area (Å²) in [6.45, 7) is 2.76. The van der Waals surface area contributed by atoms with E-state index in [0.29, 0.717) is 5.56 Å². The summed E-state index contributed by atoms with van der Waals surface area (Å²) >= 11 is 0. The van der Waals surface area contributed by atoms with Crippen molar-refractivity contribution in [2.24, 2.45) is 4.99 Å². The second-order valence-corrected chi connectivity index (χ2v) is 4.45. The van der Waals surface area contributed by atoms with Crippen LogP contribution < -0.4 is 0 Å². The minimum Gasteiger partial charge on any atom is -0.326 e. The lowest BCUT2D eigenvalue weighted by atomic mass is 10.1. The van der Waals surface area contributed by atoms with Gasteiger partial charge in [-0.15, -0.1) is 0 Å². The van der Waals surface area contributed by atoms with Gasteiger partial charge in [0.25, 0.3) is 5.91 Å². The van der Waals surface area contributed by atoms with Crippen LogP contribution in [-0.4, -0.2) is 29.6 Å². The summed E-state index contributed by atoms with van der Waals surface area (Å²) in [6.07, 6.45) is 4.92. The van der Waals surface area contributed by atoms with E-state index >= 15 is 0 Å². The third-order valence-electron chi connectivity index (χ3n) is 3.43. The molecule has 0 unspecified atom stereocenters. The van der Waals surface area contributed by atoms with Crippen LogP contribution in [0.1, 0.15) is 23.7 Å². The van der Waals surface area contributed by atoms with Crippen LogP contribution in [0.25, 0.3) is 0 Å². The molecule has 0 bridgehead atoms. The second kappa shape index (κ2) is 3.84. The van der Waals surface area contributed by atoms with Gasteiger partial charge in [-0.3, -0.25) is 9.79 Å². The number of hydrogen-bond acceptors (Lipinski definition) is 2. The van der Waals surface area contributed by atoms with Crippen molar-refractivity contribution < 1.29 is 4.79 Å². The highest BCUT2D eigenvalue weighted by atomic mass is 16.2. The Morgan fingerprint density at radius 3 is 3.06 bits per heavy atom. The molecule has 17 heavy (non-hydrogen) atoms. The number of carbonyl (C=O) groups excluding carboxylic acids is 1. The van der Waals surface area contributed by atoms with E-state index in [2.05, 4.69) is 11.1 Å². The topological polar surface area (TPSA) is 32.7 Å². The maximum Gasteiger partial charge on any atom is 0.256 e. The molecule has 1 aromatic carbocycles. The number of amides is 1. The summed E-state index contributed by atoms with van der Waals surface area (Å²) in [7, 11) is 0. The Hall–Kier alpha value is -1.90. The first kappa shape index (κ1) is 10.3. The van der Waals surface area contributed by atoms with Crippen LogP contribution in [0.4, 0.5) is 5.69 Å². The van der Waals surface area contributed by atoms with Crippen LogP contribution in [0, 0.1) is 0 Å². The summed E-state index contributed by atoms with van der Waals surface area (Å²) in [4.78, 5) is 18.7. The van der Waals surface area contributed by atoms with E-state index < -0.39 is 0 Å². The van der Waals surface area contributed by atoms with E-state index in [1.54, 1.807) is 0 Å². The standard InChI is InChI=1S/C14H14N2O/c1-2-10-7-11-8-15-13-6-4-3-5-12(13)14(17)16(11)9-10/h2-6,8,11H,7,9H2,1H3/t11-/m0/s1. The van der Waals surface area contributed by atoms with E-state index in [-0.39, 0.29) is 11.9 Å². The molecule has 2 aliphatic rings. The van der Waals surface area contributed by atoms with Crippen molar-refractivity contribution in [3.8, 4) is 0 Å². The summed E-state index contributed by atoms with van der Waals surface area (Å²) in [5, 5.41) is 0. The lowest BCUT2D eigenvalue weighted by Crippen LogP contribution is -2.35. The van der Waals surface area contributed by atoms with Gasteiger partial charge in [0.2, 0.25) is 0 Å². The lowest BCUT2D eigenvalue weighted by Gasteiger charge is -2.19. The van der Waals surface area contributed by atoms with Gasteiger partial charge in [-0.05, 0) is 25.5 Å². The molecule has 1 fully saturated rings. The quantitative estimate of drug-likeness (QED) is 0.626. The molecule has 3 rings (SSSR count). The zero-order valence-corrected chi connectivity index (χ0v) is 9.76. The van der Waals surface area contributed by atoms with Gasteiger partial charge in [0, 0.05) is 12.8 Å². The van der Waals surface area contributed by atoms with Crippen molar-refractivity contribution in [3.63, 3.8) is 0 Å². The maximum atomic E-state index is 12.4. The summed E-state index contributed by atoms with van der Waals surface area (Å²) in [6, 6.07) is 7.67. The van der Waals surface area contributed by atoms with Crippen LogP contribution in [-0.2, 0) is 0 Å². The molecule has 0 N–H and O–H groups in total. The number of carbonyl (C=O) groups is 1. The van der Waals surface area contributed by atoms with Crippen LogP contribution in [0.15, 0.2) is 40.9 Å². The normalized spacial score (nSPS) is 24.8. The number of fused-ring (bicyclic) bond motifs is 2. The van der Waals surface area contributed by atoms with Crippen molar-refractivity contribution in [3.05, 3.63) is 41.5 Å². The SMILES string of the molecule is CC=C1C[C@H]2C=Nc3ccccc3C(=O)N2C1. The van der Waals surface area contributed by atoms with Gasteiger partial charge in [-0.1, -0.05) is 23.8 Å². The molecule has 2 aliphatic heterocycles. The fourth-order valence-corrected chi connectivity index (χ4v) is 2.43. The van der Waals surface area contributed by atoms with E-state index in [0.717, 1.165) is 18.7 Å². The molecule has 0 radical (unpaired) electrons. The third-order valence-corrected chi connectivity index (χ3v) is 3.43. The van der Waals surface area contributed by atoms with Crippen molar-refractivity contribution in [2.45, 2.75) is 19.4 Å². The Morgan fingerprint density at radius 1 is 1.41 bits per heavy atom. The minimum absolute atomic E-state index is 0.0972. The van der Waals surface area contributed by atoms with Crippen molar-refractivity contribution in [2.75, 3.05) is 6.54 Å². The molecule has 1 saturated heterocycles. The van der Waals surface area contributed by atoms with Gasteiger partial charge in [0.15, 0.2) is 0 Å². The smallest absolute Gasteiger partial charge is 0.256 e. The highest BCUT2D eigenvalue weighted by Gasteiger charge is 2.33. The lowest BCUT2D eigenvalue weighted by molar-refractivity contribution is 0.0778. The predicted octanol–water partition coefficient (Wildman–Crippen LogP) is 2.56. The second-order valence-electron chi connectivity index (χ2n) is 4.45. The summed E-state index contributed by atoms with van der Waals surface area (Å²) in [5.41, 5.74) is 2.81. The first-order chi connectivity index (χ1) is 8.29. The largest absolute Gasteiger partial charge is 0.326 e. The average molecular weight is 226 g/mol. The van der Waals surface area contributed by atoms with Crippen molar-refractivity contribution in [1.29, 1.82) is 0 Å². The van der Waals surface area contributed by atoms with Crippen molar-refractivity contribution >= 4 is 17.8 Å². The van der Waals surface area contributed by atoms with Gasteiger partial charge >= 0.3 is 0 Å². The predicted molar refractivity (Wildman–Crippen MR) is 67.8 cm³/mol. The van der Waals surface area contributed by atoms with E-state index in [9.17, 15) is 4.79 Å².